The zero-order chi connectivity index (χ0) is 15.1. The van der Waals surface area contributed by atoms with Crippen LogP contribution in [0.1, 0.15) is 32.2 Å². The first-order valence-corrected chi connectivity index (χ1v) is 6.29. The van der Waals surface area contributed by atoms with Crippen LogP contribution in [0.4, 0.5) is 14.6 Å². The first-order chi connectivity index (χ1) is 9.18. The van der Waals surface area contributed by atoms with E-state index in [0.717, 1.165) is 6.07 Å². The zero-order valence-corrected chi connectivity index (χ0v) is 12.0. The Bertz CT molecular complexity index is 641. The van der Waals surface area contributed by atoms with Crippen molar-refractivity contribution in [3.05, 3.63) is 41.2 Å². The summed E-state index contributed by atoms with van der Waals surface area (Å²) in [7, 11) is 0. The van der Waals surface area contributed by atoms with Gasteiger partial charge in [-0.05, 0) is 19.1 Å². The van der Waals surface area contributed by atoms with E-state index in [2.05, 4.69) is 9.97 Å². The molecule has 1 aromatic carbocycles. The Hall–Kier alpha value is -2.04. The van der Waals surface area contributed by atoms with Gasteiger partial charge in [-0.25, -0.2) is 18.7 Å². The summed E-state index contributed by atoms with van der Waals surface area (Å²) in [5.41, 5.74) is 7.02. The van der Waals surface area contributed by atoms with Crippen LogP contribution < -0.4 is 5.73 Å². The topological polar surface area (TPSA) is 51.8 Å². The molecule has 3 nitrogen and oxygen atoms in total. The number of rotatable bonds is 1. The summed E-state index contributed by atoms with van der Waals surface area (Å²) in [5, 5.41) is 0. The Morgan fingerprint density at radius 1 is 1.00 bits per heavy atom. The minimum Gasteiger partial charge on any atom is -0.383 e. The summed E-state index contributed by atoms with van der Waals surface area (Å²) in [6.07, 6.45) is 0. The number of benzene rings is 1. The van der Waals surface area contributed by atoms with Crippen molar-refractivity contribution in [3.63, 3.8) is 0 Å². The van der Waals surface area contributed by atoms with Gasteiger partial charge in [-0.15, -0.1) is 0 Å². The molecule has 2 aromatic rings. The van der Waals surface area contributed by atoms with Crippen LogP contribution in [0.2, 0.25) is 0 Å². The molecule has 0 aliphatic carbocycles. The van der Waals surface area contributed by atoms with Gasteiger partial charge in [0.05, 0.1) is 5.69 Å². The predicted octanol–water partition coefficient (Wildman–Crippen LogP) is 3.61. The van der Waals surface area contributed by atoms with E-state index < -0.39 is 11.6 Å². The van der Waals surface area contributed by atoms with E-state index in [1.165, 1.54) is 12.1 Å². The number of nitrogen functional groups attached to an aromatic ring is 1. The molecule has 0 bridgehead atoms. The molecule has 0 aliphatic heterocycles. The van der Waals surface area contributed by atoms with Gasteiger partial charge in [0.2, 0.25) is 0 Å². The maximum absolute atomic E-state index is 13.4. The minimum absolute atomic E-state index is 0.303. The molecule has 1 aromatic heterocycles. The maximum atomic E-state index is 13.4. The van der Waals surface area contributed by atoms with Gasteiger partial charge in [-0.3, -0.25) is 0 Å². The van der Waals surface area contributed by atoms with Crippen molar-refractivity contribution >= 4 is 5.82 Å². The molecule has 0 saturated heterocycles. The molecule has 0 aliphatic rings. The van der Waals surface area contributed by atoms with Crippen LogP contribution >= 0.6 is 0 Å². The first-order valence-electron chi connectivity index (χ1n) is 6.29. The number of hydrogen-bond donors (Lipinski definition) is 1. The Labute approximate surface area is 116 Å². The monoisotopic (exact) mass is 277 g/mol. The molecule has 2 N–H and O–H groups in total. The predicted molar refractivity (Wildman–Crippen MR) is 75.2 cm³/mol. The van der Waals surface area contributed by atoms with Crippen molar-refractivity contribution in [2.75, 3.05) is 5.73 Å². The molecular formula is C15H17F2N3. The summed E-state index contributed by atoms with van der Waals surface area (Å²) in [6.45, 7) is 7.59. The lowest BCUT2D eigenvalue weighted by Gasteiger charge is -2.19. The van der Waals surface area contributed by atoms with E-state index in [4.69, 9.17) is 5.73 Å². The van der Waals surface area contributed by atoms with Gasteiger partial charge in [-0.2, -0.15) is 0 Å². The summed E-state index contributed by atoms with van der Waals surface area (Å²) in [4.78, 5) is 8.69. The molecule has 0 unspecified atom stereocenters. The van der Waals surface area contributed by atoms with E-state index >= 15 is 0 Å². The summed E-state index contributed by atoms with van der Waals surface area (Å²) in [6, 6.07) is 3.31. The van der Waals surface area contributed by atoms with Crippen molar-refractivity contribution in [3.8, 4) is 11.3 Å². The fraction of sp³-hybridized carbons (Fsp3) is 0.333. The second-order valence-corrected chi connectivity index (χ2v) is 5.81. The quantitative estimate of drug-likeness (QED) is 0.866. The highest BCUT2D eigenvalue weighted by Gasteiger charge is 2.21. The van der Waals surface area contributed by atoms with Crippen LogP contribution in [-0.2, 0) is 5.41 Å². The van der Waals surface area contributed by atoms with Crippen molar-refractivity contribution in [1.29, 1.82) is 0 Å². The third kappa shape index (κ3) is 2.76. The number of anilines is 1. The minimum atomic E-state index is -0.645. The average molecular weight is 277 g/mol. The van der Waals surface area contributed by atoms with Crippen LogP contribution in [0.3, 0.4) is 0 Å². The molecule has 5 heteroatoms. The fourth-order valence-electron chi connectivity index (χ4n) is 1.84. The van der Waals surface area contributed by atoms with Crippen LogP contribution in [0.15, 0.2) is 18.2 Å². The highest BCUT2D eigenvalue weighted by atomic mass is 19.1. The molecule has 0 atom stereocenters. The summed E-state index contributed by atoms with van der Waals surface area (Å²) >= 11 is 0. The molecule has 1 heterocycles. The smallest absolute Gasteiger partial charge is 0.136 e. The van der Waals surface area contributed by atoms with Crippen molar-refractivity contribution in [1.82, 2.24) is 9.97 Å². The highest BCUT2D eigenvalue weighted by Crippen LogP contribution is 2.29. The van der Waals surface area contributed by atoms with E-state index in [9.17, 15) is 8.78 Å². The van der Waals surface area contributed by atoms with Crippen molar-refractivity contribution < 1.29 is 8.78 Å². The second-order valence-electron chi connectivity index (χ2n) is 5.81. The molecule has 0 radical (unpaired) electrons. The highest BCUT2D eigenvalue weighted by molar-refractivity contribution is 5.67. The van der Waals surface area contributed by atoms with Gasteiger partial charge < -0.3 is 5.73 Å². The van der Waals surface area contributed by atoms with Gasteiger partial charge in [0.15, 0.2) is 0 Å². The number of nitrogens with zero attached hydrogens (tertiary/aromatic N) is 2. The van der Waals surface area contributed by atoms with Gasteiger partial charge in [0, 0.05) is 22.6 Å². The van der Waals surface area contributed by atoms with Gasteiger partial charge in [0.25, 0.3) is 0 Å². The van der Waals surface area contributed by atoms with E-state index in [-0.39, 0.29) is 5.41 Å². The number of hydrogen-bond acceptors (Lipinski definition) is 3. The lowest BCUT2D eigenvalue weighted by molar-refractivity contribution is 0.546. The Morgan fingerprint density at radius 3 is 2.05 bits per heavy atom. The second kappa shape index (κ2) is 4.81. The molecule has 2 rings (SSSR count). The summed E-state index contributed by atoms with van der Waals surface area (Å²) < 4.78 is 26.7. The molecular weight excluding hydrogens is 260 g/mol. The summed E-state index contributed by atoms with van der Waals surface area (Å²) in [5.74, 6) is -0.423. The molecule has 0 saturated carbocycles. The van der Waals surface area contributed by atoms with Crippen LogP contribution in [0.25, 0.3) is 11.3 Å². The van der Waals surface area contributed by atoms with Gasteiger partial charge >= 0.3 is 0 Å². The molecule has 0 fully saturated rings. The largest absolute Gasteiger partial charge is 0.383 e. The van der Waals surface area contributed by atoms with Crippen molar-refractivity contribution in [2.45, 2.75) is 33.1 Å². The van der Waals surface area contributed by atoms with Crippen molar-refractivity contribution in [2.24, 2.45) is 0 Å². The molecule has 106 valence electrons. The standard InChI is InChI=1S/C15H17F2N3/c1-8-12(9-5-10(16)7-11(17)6-9)19-14(15(2,3)4)20-13(8)18/h5-7H,1-4H3,(H2,18,19,20). The molecule has 0 amide bonds. The van der Waals surface area contributed by atoms with Crippen LogP contribution in [0, 0.1) is 18.6 Å². The number of aromatic nitrogens is 2. The lowest BCUT2D eigenvalue weighted by atomic mass is 9.95. The Balaban J connectivity index is 2.70. The third-order valence-corrected chi connectivity index (χ3v) is 2.99. The fourth-order valence-corrected chi connectivity index (χ4v) is 1.84. The zero-order valence-electron chi connectivity index (χ0n) is 12.0. The Morgan fingerprint density at radius 2 is 1.55 bits per heavy atom. The van der Waals surface area contributed by atoms with Crippen LogP contribution in [0.5, 0.6) is 0 Å². The number of halogens is 2. The Kier molecular flexibility index (Phi) is 3.46. The first kappa shape index (κ1) is 14.4. The normalized spacial score (nSPS) is 11.7. The van der Waals surface area contributed by atoms with Crippen LogP contribution in [-0.4, -0.2) is 9.97 Å². The average Bonchev–Trinajstić information content (AvgIpc) is 2.29. The maximum Gasteiger partial charge on any atom is 0.136 e. The third-order valence-electron chi connectivity index (χ3n) is 2.99. The van der Waals surface area contributed by atoms with Gasteiger partial charge in [0.1, 0.15) is 23.3 Å². The van der Waals surface area contributed by atoms with Gasteiger partial charge in [-0.1, -0.05) is 20.8 Å². The number of nitrogens with two attached hydrogens (primary N) is 1. The van der Waals surface area contributed by atoms with E-state index in [1.807, 2.05) is 20.8 Å². The van der Waals surface area contributed by atoms with E-state index in [0.29, 0.717) is 28.5 Å². The SMILES string of the molecule is Cc1c(N)nc(C(C)(C)C)nc1-c1cc(F)cc(F)c1. The molecule has 20 heavy (non-hydrogen) atoms. The molecule has 0 spiro atoms. The van der Waals surface area contributed by atoms with E-state index in [1.54, 1.807) is 6.92 Å². The lowest BCUT2D eigenvalue weighted by Crippen LogP contribution is -2.18.